The first-order chi connectivity index (χ1) is 7.41. The number of hydrogen-bond acceptors (Lipinski definition) is 3. The van der Waals surface area contributed by atoms with E-state index in [1.165, 1.54) is 0 Å². The molecule has 0 amide bonds. The Labute approximate surface area is 95.7 Å². The van der Waals surface area contributed by atoms with Crippen molar-refractivity contribution >= 4 is 16.5 Å². The number of nitrogens with two attached hydrogens (primary N) is 1. The predicted molar refractivity (Wildman–Crippen MR) is 60.6 cm³/mol. The van der Waals surface area contributed by atoms with Crippen molar-refractivity contribution in [1.29, 1.82) is 0 Å². The molecule has 0 fully saturated rings. The van der Waals surface area contributed by atoms with E-state index in [0.29, 0.717) is 6.54 Å². The van der Waals surface area contributed by atoms with E-state index < -0.39 is 27.3 Å². The highest BCUT2D eigenvalue weighted by Crippen LogP contribution is 2.20. The van der Waals surface area contributed by atoms with Gasteiger partial charge in [0, 0.05) is 18.0 Å². The second kappa shape index (κ2) is 5.36. The standard InChI is InChI=1S/C10H14F2N2OS/c1-14(2)3-4-16(15)10-8(11)5-7(13)6-9(10)12/h5-6H,3-4,13H2,1-2H3. The van der Waals surface area contributed by atoms with E-state index in [2.05, 4.69) is 0 Å². The molecule has 0 aliphatic rings. The summed E-state index contributed by atoms with van der Waals surface area (Å²) in [7, 11) is 1.91. The predicted octanol–water partition coefficient (Wildman–Crippen LogP) is 1.22. The van der Waals surface area contributed by atoms with Crippen molar-refractivity contribution in [3.8, 4) is 0 Å². The first-order valence-corrected chi connectivity index (χ1v) is 6.01. The molecule has 0 heterocycles. The van der Waals surface area contributed by atoms with Gasteiger partial charge in [0.05, 0.1) is 10.8 Å². The zero-order chi connectivity index (χ0) is 12.3. The molecule has 3 nitrogen and oxygen atoms in total. The third kappa shape index (κ3) is 3.24. The van der Waals surface area contributed by atoms with Crippen LogP contribution in [0.4, 0.5) is 14.5 Å². The number of nitrogens with zero attached hydrogens (tertiary/aromatic N) is 1. The molecule has 2 N–H and O–H groups in total. The van der Waals surface area contributed by atoms with Gasteiger partial charge in [-0.05, 0) is 26.2 Å². The summed E-state index contributed by atoms with van der Waals surface area (Å²) in [6.07, 6.45) is 0. The highest BCUT2D eigenvalue weighted by atomic mass is 32.2. The number of benzene rings is 1. The van der Waals surface area contributed by atoms with Crippen LogP contribution in [-0.4, -0.2) is 35.5 Å². The van der Waals surface area contributed by atoms with Gasteiger partial charge >= 0.3 is 0 Å². The van der Waals surface area contributed by atoms with Gasteiger partial charge in [-0.2, -0.15) is 0 Å². The zero-order valence-electron chi connectivity index (χ0n) is 9.17. The van der Waals surface area contributed by atoms with E-state index in [4.69, 9.17) is 5.73 Å². The molecule has 1 rings (SSSR count). The Morgan fingerprint density at radius 3 is 2.25 bits per heavy atom. The quantitative estimate of drug-likeness (QED) is 0.815. The maximum Gasteiger partial charge on any atom is 0.144 e. The van der Waals surface area contributed by atoms with E-state index in [1.54, 1.807) is 19.0 Å². The fraction of sp³-hybridized carbons (Fsp3) is 0.400. The Bertz CT molecular complexity index is 387. The Morgan fingerprint density at radius 2 is 1.81 bits per heavy atom. The summed E-state index contributed by atoms with van der Waals surface area (Å²) in [5, 5.41) is 0. The molecule has 1 unspecified atom stereocenters. The molecule has 1 atom stereocenters. The van der Waals surface area contributed by atoms with Gasteiger partial charge in [0.2, 0.25) is 0 Å². The highest BCUT2D eigenvalue weighted by Gasteiger charge is 2.16. The maximum absolute atomic E-state index is 13.4. The Morgan fingerprint density at radius 1 is 1.31 bits per heavy atom. The number of anilines is 1. The molecular formula is C10H14F2N2OS. The fourth-order valence-corrected chi connectivity index (χ4v) is 2.45. The van der Waals surface area contributed by atoms with Crippen LogP contribution in [0.1, 0.15) is 0 Å². The van der Waals surface area contributed by atoms with Gasteiger partial charge < -0.3 is 10.6 Å². The molecule has 1 aromatic carbocycles. The molecule has 16 heavy (non-hydrogen) atoms. The number of hydrogen-bond donors (Lipinski definition) is 1. The Kier molecular flexibility index (Phi) is 4.37. The van der Waals surface area contributed by atoms with Crippen LogP contribution in [0.5, 0.6) is 0 Å². The van der Waals surface area contributed by atoms with Gasteiger partial charge in [-0.15, -0.1) is 0 Å². The van der Waals surface area contributed by atoms with E-state index in [1.807, 2.05) is 0 Å². The van der Waals surface area contributed by atoms with Gasteiger partial charge in [0.25, 0.3) is 0 Å². The lowest BCUT2D eigenvalue weighted by Crippen LogP contribution is -2.20. The molecule has 0 aliphatic heterocycles. The molecule has 0 aromatic heterocycles. The zero-order valence-corrected chi connectivity index (χ0v) is 9.98. The molecule has 0 aliphatic carbocycles. The minimum Gasteiger partial charge on any atom is -0.399 e. The maximum atomic E-state index is 13.4. The lowest BCUT2D eigenvalue weighted by molar-refractivity contribution is 0.435. The molecule has 0 bridgehead atoms. The molecule has 0 saturated carbocycles. The molecule has 1 aromatic rings. The van der Waals surface area contributed by atoms with E-state index in [0.717, 1.165) is 12.1 Å². The van der Waals surface area contributed by atoms with Crippen molar-refractivity contribution < 1.29 is 13.0 Å². The lowest BCUT2D eigenvalue weighted by Gasteiger charge is -2.10. The SMILES string of the molecule is CN(C)CCS(=O)c1c(F)cc(N)cc1F. The van der Waals surface area contributed by atoms with Crippen molar-refractivity contribution in [1.82, 2.24) is 4.90 Å². The van der Waals surface area contributed by atoms with Crippen LogP contribution in [0.15, 0.2) is 17.0 Å². The summed E-state index contributed by atoms with van der Waals surface area (Å²) in [6.45, 7) is 0.496. The average molecular weight is 248 g/mol. The smallest absolute Gasteiger partial charge is 0.144 e. The molecule has 0 saturated heterocycles. The van der Waals surface area contributed by atoms with E-state index in [-0.39, 0.29) is 11.4 Å². The van der Waals surface area contributed by atoms with Crippen molar-refractivity contribution in [2.45, 2.75) is 4.90 Å². The first kappa shape index (κ1) is 13.1. The molecule has 6 heteroatoms. The second-order valence-corrected chi connectivity index (χ2v) is 5.17. The summed E-state index contributed by atoms with van der Waals surface area (Å²) in [5.74, 6) is -1.52. The van der Waals surface area contributed by atoms with Crippen molar-refractivity contribution in [2.75, 3.05) is 32.1 Å². The van der Waals surface area contributed by atoms with Crippen molar-refractivity contribution in [3.05, 3.63) is 23.8 Å². The molecular weight excluding hydrogens is 234 g/mol. The van der Waals surface area contributed by atoms with Crippen molar-refractivity contribution in [3.63, 3.8) is 0 Å². The normalized spacial score (nSPS) is 13.1. The van der Waals surface area contributed by atoms with Crippen LogP contribution in [0, 0.1) is 11.6 Å². The van der Waals surface area contributed by atoms with Crippen molar-refractivity contribution in [2.24, 2.45) is 0 Å². The second-order valence-electron chi connectivity index (χ2n) is 3.67. The summed E-state index contributed by atoms with van der Waals surface area (Å²) in [4.78, 5) is 1.40. The minimum absolute atomic E-state index is 0.0108. The fourth-order valence-electron chi connectivity index (χ4n) is 1.16. The van der Waals surface area contributed by atoms with Gasteiger partial charge in [-0.1, -0.05) is 0 Å². The molecule has 0 radical (unpaired) electrons. The van der Waals surface area contributed by atoms with Crippen LogP contribution in [0.3, 0.4) is 0 Å². The van der Waals surface area contributed by atoms with Gasteiger partial charge in [-0.3, -0.25) is 4.21 Å². The third-order valence-electron chi connectivity index (χ3n) is 1.97. The summed E-state index contributed by atoms with van der Waals surface area (Å²) < 4.78 is 38.4. The Hall–Kier alpha value is -1.01. The largest absolute Gasteiger partial charge is 0.399 e. The Balaban J connectivity index is 2.91. The van der Waals surface area contributed by atoms with Gasteiger partial charge in [0.1, 0.15) is 16.5 Å². The monoisotopic (exact) mass is 248 g/mol. The first-order valence-electron chi connectivity index (χ1n) is 4.69. The van der Waals surface area contributed by atoms with E-state index in [9.17, 15) is 13.0 Å². The van der Waals surface area contributed by atoms with E-state index >= 15 is 0 Å². The lowest BCUT2D eigenvalue weighted by atomic mass is 10.3. The van der Waals surface area contributed by atoms with Crippen LogP contribution in [-0.2, 0) is 10.8 Å². The minimum atomic E-state index is -1.68. The summed E-state index contributed by atoms with van der Waals surface area (Å²) >= 11 is 0. The van der Waals surface area contributed by atoms with Gasteiger partial charge in [0.15, 0.2) is 0 Å². The number of halogens is 2. The van der Waals surface area contributed by atoms with Crippen LogP contribution < -0.4 is 5.73 Å². The van der Waals surface area contributed by atoms with Crippen LogP contribution >= 0.6 is 0 Å². The molecule has 90 valence electrons. The van der Waals surface area contributed by atoms with Gasteiger partial charge in [-0.25, -0.2) is 8.78 Å². The summed E-state index contributed by atoms with van der Waals surface area (Å²) in [6, 6.07) is 1.96. The highest BCUT2D eigenvalue weighted by molar-refractivity contribution is 7.85. The number of nitrogen functional groups attached to an aromatic ring is 1. The average Bonchev–Trinajstić information content (AvgIpc) is 2.12. The molecule has 0 spiro atoms. The topological polar surface area (TPSA) is 46.3 Å². The summed E-state index contributed by atoms with van der Waals surface area (Å²) in [5.41, 5.74) is 5.25. The van der Waals surface area contributed by atoms with Crippen LogP contribution in [0.2, 0.25) is 0 Å². The van der Waals surface area contributed by atoms with Crippen LogP contribution in [0.25, 0.3) is 0 Å². The third-order valence-corrected chi connectivity index (χ3v) is 3.37. The number of rotatable bonds is 4.